The van der Waals surface area contributed by atoms with Crippen molar-refractivity contribution in [3.63, 3.8) is 0 Å². The number of carbonyl (C=O) groups is 1. The number of furan rings is 1. The lowest BCUT2D eigenvalue weighted by molar-refractivity contribution is -0.116. The largest absolute Gasteiger partial charge is 0.467 e. The van der Waals surface area contributed by atoms with Gasteiger partial charge in [0.05, 0.1) is 16.9 Å². The second kappa shape index (κ2) is 5.90. The van der Waals surface area contributed by atoms with E-state index in [1.54, 1.807) is 29.3 Å². The number of benzene rings is 1. The highest BCUT2D eigenvalue weighted by Crippen LogP contribution is 2.38. The third kappa shape index (κ3) is 2.65. The Bertz CT molecular complexity index is 905. The summed E-state index contributed by atoms with van der Waals surface area (Å²) in [4.78, 5) is 12.2. The van der Waals surface area contributed by atoms with Crippen LogP contribution in [0.15, 0.2) is 51.7 Å². The minimum atomic E-state index is -0.326. The molecule has 0 saturated heterocycles. The number of nitrogens with one attached hydrogen (secondary N) is 1. The maximum Gasteiger partial charge on any atom is 0.226 e. The van der Waals surface area contributed by atoms with Gasteiger partial charge in [-0.2, -0.15) is 5.10 Å². The van der Waals surface area contributed by atoms with E-state index < -0.39 is 0 Å². The van der Waals surface area contributed by atoms with Crippen molar-refractivity contribution in [1.82, 2.24) is 9.78 Å². The predicted molar refractivity (Wildman–Crippen MR) is 89.2 cm³/mol. The Hall–Kier alpha value is -2.41. The first-order chi connectivity index (χ1) is 11.6. The van der Waals surface area contributed by atoms with Crippen LogP contribution in [-0.4, -0.2) is 15.7 Å². The van der Waals surface area contributed by atoms with E-state index >= 15 is 0 Å². The Balaban J connectivity index is 1.73. The molecule has 0 aliphatic carbocycles. The van der Waals surface area contributed by atoms with E-state index in [0.29, 0.717) is 23.3 Å². The van der Waals surface area contributed by atoms with Gasteiger partial charge in [-0.1, -0.05) is 6.07 Å². The molecule has 7 heteroatoms. The smallest absolute Gasteiger partial charge is 0.226 e. The van der Waals surface area contributed by atoms with Gasteiger partial charge in [0.2, 0.25) is 5.91 Å². The molecular formula is C17H13BrFN3O2. The van der Waals surface area contributed by atoms with Crippen molar-refractivity contribution in [3.8, 4) is 0 Å². The highest BCUT2D eigenvalue weighted by Gasteiger charge is 2.30. The molecule has 1 atom stereocenters. The fourth-order valence-electron chi connectivity index (χ4n) is 2.97. The molecule has 1 aliphatic rings. The van der Waals surface area contributed by atoms with Crippen LogP contribution in [0, 0.1) is 5.82 Å². The van der Waals surface area contributed by atoms with E-state index in [1.807, 2.05) is 12.1 Å². The van der Waals surface area contributed by atoms with Crippen LogP contribution in [0.5, 0.6) is 0 Å². The van der Waals surface area contributed by atoms with Gasteiger partial charge in [0.25, 0.3) is 0 Å². The standard InChI is InChI=1S/C17H13BrFN3O2/c18-14-6-10(3-4-15(14)19)12-7-16(23)21-17-13(12)8-20-22(17)9-11-2-1-5-24-11/h1-6,8,12H,7,9H2,(H,21,23)/t12-/m1/s1. The summed E-state index contributed by atoms with van der Waals surface area (Å²) in [6, 6.07) is 8.48. The fourth-order valence-corrected chi connectivity index (χ4v) is 3.36. The number of fused-ring (bicyclic) bond motifs is 1. The van der Waals surface area contributed by atoms with Gasteiger partial charge in [0.15, 0.2) is 0 Å². The normalized spacial score (nSPS) is 16.8. The average molecular weight is 390 g/mol. The molecular weight excluding hydrogens is 377 g/mol. The maximum atomic E-state index is 13.5. The van der Waals surface area contributed by atoms with E-state index in [2.05, 4.69) is 26.3 Å². The number of amides is 1. The Labute approximate surface area is 145 Å². The summed E-state index contributed by atoms with van der Waals surface area (Å²) in [5.74, 6) is 0.841. The molecule has 2 aromatic heterocycles. The van der Waals surface area contributed by atoms with Gasteiger partial charge in [-0.25, -0.2) is 9.07 Å². The third-order valence-electron chi connectivity index (χ3n) is 4.12. The molecule has 1 N–H and O–H groups in total. The third-order valence-corrected chi connectivity index (χ3v) is 4.73. The van der Waals surface area contributed by atoms with E-state index in [-0.39, 0.29) is 17.6 Å². The summed E-state index contributed by atoms with van der Waals surface area (Å²) >= 11 is 3.20. The second-order valence-electron chi connectivity index (χ2n) is 5.66. The number of hydrogen-bond donors (Lipinski definition) is 1. The molecule has 122 valence electrons. The predicted octanol–water partition coefficient (Wildman–Crippen LogP) is 3.90. The van der Waals surface area contributed by atoms with Crippen molar-refractivity contribution in [2.45, 2.75) is 18.9 Å². The van der Waals surface area contributed by atoms with E-state index in [4.69, 9.17) is 4.42 Å². The van der Waals surface area contributed by atoms with Crippen LogP contribution in [-0.2, 0) is 11.3 Å². The first-order valence-electron chi connectivity index (χ1n) is 7.44. The van der Waals surface area contributed by atoms with Crippen molar-refractivity contribution in [1.29, 1.82) is 0 Å². The quantitative estimate of drug-likeness (QED) is 0.738. The molecule has 1 amide bonds. The number of hydrogen-bond acceptors (Lipinski definition) is 3. The van der Waals surface area contributed by atoms with Crippen molar-refractivity contribution < 1.29 is 13.6 Å². The summed E-state index contributed by atoms with van der Waals surface area (Å²) in [5.41, 5.74) is 1.79. The van der Waals surface area contributed by atoms with Crippen molar-refractivity contribution in [2.75, 3.05) is 5.32 Å². The van der Waals surface area contributed by atoms with Gasteiger partial charge in [-0.05, 0) is 45.8 Å². The van der Waals surface area contributed by atoms with Gasteiger partial charge in [0.1, 0.15) is 23.9 Å². The molecule has 3 aromatic rings. The molecule has 0 fully saturated rings. The molecule has 0 unspecified atom stereocenters. The highest BCUT2D eigenvalue weighted by molar-refractivity contribution is 9.10. The van der Waals surface area contributed by atoms with Gasteiger partial charge < -0.3 is 9.73 Å². The number of halogens is 2. The molecule has 1 aliphatic heterocycles. The highest BCUT2D eigenvalue weighted by atomic mass is 79.9. The summed E-state index contributed by atoms with van der Waals surface area (Å²) < 4.78 is 20.9. The van der Waals surface area contributed by atoms with Gasteiger partial charge in [-0.3, -0.25) is 4.79 Å². The Morgan fingerprint density at radius 3 is 3.04 bits per heavy atom. The molecule has 5 nitrogen and oxygen atoms in total. The van der Waals surface area contributed by atoms with Crippen molar-refractivity contribution in [2.24, 2.45) is 0 Å². The van der Waals surface area contributed by atoms with Gasteiger partial charge >= 0.3 is 0 Å². The summed E-state index contributed by atoms with van der Waals surface area (Å²) in [6.07, 6.45) is 3.65. The molecule has 1 aromatic carbocycles. The SMILES string of the molecule is O=C1C[C@H](c2ccc(F)c(Br)c2)c2cnn(Cc3ccco3)c2N1. The second-order valence-corrected chi connectivity index (χ2v) is 6.52. The van der Waals surface area contributed by atoms with Crippen LogP contribution < -0.4 is 5.32 Å². The summed E-state index contributed by atoms with van der Waals surface area (Å²) in [6.45, 7) is 0.433. The molecule has 0 bridgehead atoms. The van der Waals surface area contributed by atoms with Crippen LogP contribution >= 0.6 is 15.9 Å². The summed E-state index contributed by atoms with van der Waals surface area (Å²) in [7, 11) is 0. The lowest BCUT2D eigenvalue weighted by Crippen LogP contribution is -2.25. The first kappa shape index (κ1) is 15.1. The summed E-state index contributed by atoms with van der Waals surface area (Å²) in [5, 5.41) is 7.26. The van der Waals surface area contributed by atoms with Crippen molar-refractivity contribution in [3.05, 3.63) is 70.0 Å². The molecule has 0 saturated carbocycles. The molecule has 24 heavy (non-hydrogen) atoms. The zero-order valence-corrected chi connectivity index (χ0v) is 14.1. The van der Waals surface area contributed by atoms with E-state index in [9.17, 15) is 9.18 Å². The van der Waals surface area contributed by atoms with Crippen LogP contribution in [0.2, 0.25) is 0 Å². The molecule has 4 rings (SSSR count). The molecule has 3 heterocycles. The minimum Gasteiger partial charge on any atom is -0.467 e. The van der Waals surface area contributed by atoms with E-state index in [0.717, 1.165) is 16.9 Å². The maximum absolute atomic E-state index is 13.5. The zero-order chi connectivity index (χ0) is 16.7. The number of aromatic nitrogens is 2. The van der Waals surface area contributed by atoms with Crippen LogP contribution in [0.4, 0.5) is 10.2 Å². The Morgan fingerprint density at radius 1 is 1.42 bits per heavy atom. The minimum absolute atomic E-state index is 0.0888. The van der Waals surface area contributed by atoms with Crippen molar-refractivity contribution >= 4 is 27.7 Å². The van der Waals surface area contributed by atoms with Crippen LogP contribution in [0.25, 0.3) is 0 Å². The van der Waals surface area contributed by atoms with Gasteiger partial charge in [0, 0.05) is 17.9 Å². The lowest BCUT2D eigenvalue weighted by atomic mass is 9.87. The Morgan fingerprint density at radius 2 is 2.29 bits per heavy atom. The average Bonchev–Trinajstić information content (AvgIpc) is 3.20. The number of nitrogens with zero attached hydrogens (tertiary/aromatic N) is 2. The van der Waals surface area contributed by atoms with E-state index in [1.165, 1.54) is 6.07 Å². The first-order valence-corrected chi connectivity index (χ1v) is 8.24. The number of rotatable bonds is 3. The van der Waals surface area contributed by atoms with Crippen LogP contribution in [0.1, 0.15) is 29.2 Å². The monoisotopic (exact) mass is 389 g/mol. The topological polar surface area (TPSA) is 60.1 Å². The number of carbonyl (C=O) groups excluding carboxylic acids is 1. The molecule has 0 radical (unpaired) electrons. The van der Waals surface area contributed by atoms with Gasteiger partial charge in [-0.15, -0.1) is 0 Å². The fraction of sp³-hybridized carbons (Fsp3) is 0.176. The lowest BCUT2D eigenvalue weighted by Gasteiger charge is -2.24. The molecule has 0 spiro atoms. The Kier molecular flexibility index (Phi) is 3.72. The van der Waals surface area contributed by atoms with Crippen LogP contribution in [0.3, 0.4) is 0 Å². The number of anilines is 1. The zero-order valence-electron chi connectivity index (χ0n) is 12.5.